The lowest BCUT2D eigenvalue weighted by molar-refractivity contribution is 0.127. The van der Waals surface area contributed by atoms with E-state index in [1.807, 2.05) is 0 Å². The molecule has 1 heterocycles. The minimum atomic E-state index is 0.525. The molecule has 0 spiro atoms. The van der Waals surface area contributed by atoms with Gasteiger partial charge in [0, 0.05) is 18.8 Å². The van der Waals surface area contributed by atoms with Gasteiger partial charge < -0.3 is 5.32 Å². The topological polar surface area (TPSA) is 29.9 Å². The molecule has 0 aliphatic heterocycles. The molecule has 0 bridgehead atoms. The van der Waals surface area contributed by atoms with Crippen LogP contribution in [0, 0.1) is 5.41 Å². The van der Waals surface area contributed by atoms with E-state index < -0.39 is 0 Å². The molecule has 3 saturated carbocycles. The van der Waals surface area contributed by atoms with Gasteiger partial charge in [0.1, 0.15) is 0 Å². The third-order valence-corrected chi connectivity index (χ3v) is 5.68. The van der Waals surface area contributed by atoms with Gasteiger partial charge in [-0.15, -0.1) is 0 Å². The molecule has 3 fully saturated rings. The maximum atomic E-state index is 4.89. The number of hydrogen-bond donors (Lipinski definition) is 1. The summed E-state index contributed by atoms with van der Waals surface area (Å²) in [6.45, 7) is 1.22. The average Bonchev–Trinajstić information content (AvgIpc) is 2.91. The van der Waals surface area contributed by atoms with Crippen molar-refractivity contribution < 1.29 is 0 Å². The molecule has 0 atom stereocenters. The van der Waals surface area contributed by atoms with E-state index in [1.54, 1.807) is 0 Å². The Balaban J connectivity index is 1.38. The van der Waals surface area contributed by atoms with Gasteiger partial charge in [0.25, 0.3) is 0 Å². The summed E-state index contributed by atoms with van der Waals surface area (Å²) in [5.41, 5.74) is 1.85. The molecule has 0 aromatic carbocycles. The van der Waals surface area contributed by atoms with Gasteiger partial charge in [-0.1, -0.05) is 19.3 Å². The first-order chi connectivity index (χ1) is 9.83. The Hall–Kier alpha value is -0.830. The summed E-state index contributed by atoms with van der Waals surface area (Å²) < 4.78 is 2.25. The number of rotatable bonds is 6. The van der Waals surface area contributed by atoms with Crippen LogP contribution in [0.15, 0.2) is 12.3 Å². The molecule has 0 radical (unpaired) electrons. The second-order valence-electron chi connectivity index (χ2n) is 7.41. The van der Waals surface area contributed by atoms with Crippen molar-refractivity contribution in [3.63, 3.8) is 0 Å². The molecule has 0 saturated heterocycles. The standard InChI is InChI=1S/C17H27N3/c1-2-5-16(4-1)20-11-8-15(19-20)12-17(9-3-10-17)13-18-14-6-7-14/h8,11,14,16,18H,1-7,9-10,12-13H2. The molecule has 20 heavy (non-hydrogen) atoms. The van der Waals surface area contributed by atoms with Crippen molar-refractivity contribution in [2.45, 2.75) is 76.3 Å². The van der Waals surface area contributed by atoms with E-state index in [-0.39, 0.29) is 0 Å². The third-order valence-electron chi connectivity index (χ3n) is 5.68. The minimum absolute atomic E-state index is 0.525. The van der Waals surface area contributed by atoms with Gasteiger partial charge in [0.15, 0.2) is 0 Å². The van der Waals surface area contributed by atoms with E-state index in [1.165, 1.54) is 76.4 Å². The third kappa shape index (κ3) is 2.65. The molecule has 1 aromatic heterocycles. The van der Waals surface area contributed by atoms with E-state index >= 15 is 0 Å². The van der Waals surface area contributed by atoms with Crippen LogP contribution >= 0.6 is 0 Å². The second kappa shape index (κ2) is 5.18. The highest BCUT2D eigenvalue weighted by molar-refractivity contribution is 5.07. The second-order valence-corrected chi connectivity index (χ2v) is 7.41. The Morgan fingerprint density at radius 1 is 1.15 bits per heavy atom. The molecule has 110 valence electrons. The van der Waals surface area contributed by atoms with Gasteiger partial charge in [-0.3, -0.25) is 4.68 Å². The lowest BCUT2D eigenvalue weighted by Gasteiger charge is -2.42. The van der Waals surface area contributed by atoms with Crippen molar-refractivity contribution in [3.05, 3.63) is 18.0 Å². The lowest BCUT2D eigenvalue weighted by Crippen LogP contribution is -2.42. The predicted molar refractivity (Wildman–Crippen MR) is 80.7 cm³/mol. The van der Waals surface area contributed by atoms with Crippen molar-refractivity contribution in [2.24, 2.45) is 5.41 Å². The SMILES string of the molecule is c1cn(C2CCCC2)nc1CC1(CNC2CC2)CCC1. The molecule has 0 unspecified atom stereocenters. The van der Waals surface area contributed by atoms with E-state index in [0.717, 1.165) is 6.04 Å². The summed E-state index contributed by atoms with van der Waals surface area (Å²) >= 11 is 0. The number of hydrogen-bond acceptors (Lipinski definition) is 2. The Morgan fingerprint density at radius 3 is 2.60 bits per heavy atom. The summed E-state index contributed by atoms with van der Waals surface area (Å²) in [6.07, 6.45) is 15.8. The van der Waals surface area contributed by atoms with Crippen LogP contribution < -0.4 is 5.32 Å². The summed E-state index contributed by atoms with van der Waals surface area (Å²) in [5, 5.41) is 8.64. The smallest absolute Gasteiger partial charge is 0.0630 e. The maximum Gasteiger partial charge on any atom is 0.0630 e. The molecule has 3 nitrogen and oxygen atoms in total. The van der Waals surface area contributed by atoms with Gasteiger partial charge in [-0.25, -0.2) is 0 Å². The molecule has 4 rings (SSSR count). The lowest BCUT2D eigenvalue weighted by atomic mass is 9.66. The van der Waals surface area contributed by atoms with Crippen molar-refractivity contribution in [3.8, 4) is 0 Å². The van der Waals surface area contributed by atoms with Crippen molar-refractivity contribution in [1.29, 1.82) is 0 Å². The predicted octanol–water partition coefficient (Wildman–Crippen LogP) is 3.46. The van der Waals surface area contributed by atoms with E-state index in [0.29, 0.717) is 11.5 Å². The zero-order chi connectivity index (χ0) is 13.4. The molecular weight excluding hydrogens is 246 g/mol. The van der Waals surface area contributed by atoms with E-state index in [2.05, 4.69) is 22.3 Å². The van der Waals surface area contributed by atoms with Crippen LogP contribution in [0.2, 0.25) is 0 Å². The first-order valence-electron chi connectivity index (χ1n) is 8.61. The normalized spacial score (nSPS) is 25.8. The Bertz CT molecular complexity index is 451. The van der Waals surface area contributed by atoms with Crippen LogP contribution in [-0.4, -0.2) is 22.4 Å². The summed E-state index contributed by atoms with van der Waals surface area (Å²) in [7, 11) is 0. The first kappa shape index (κ1) is 12.9. The van der Waals surface area contributed by atoms with Gasteiger partial charge in [-0.2, -0.15) is 5.10 Å². The number of aromatic nitrogens is 2. The number of nitrogens with zero attached hydrogens (tertiary/aromatic N) is 2. The van der Waals surface area contributed by atoms with Crippen molar-refractivity contribution >= 4 is 0 Å². The van der Waals surface area contributed by atoms with Crippen LogP contribution in [0.5, 0.6) is 0 Å². The zero-order valence-corrected chi connectivity index (χ0v) is 12.5. The molecule has 1 aromatic rings. The van der Waals surface area contributed by atoms with Crippen LogP contribution in [-0.2, 0) is 6.42 Å². The highest BCUT2D eigenvalue weighted by Gasteiger charge is 2.38. The quantitative estimate of drug-likeness (QED) is 0.860. The Morgan fingerprint density at radius 2 is 1.95 bits per heavy atom. The summed E-state index contributed by atoms with van der Waals surface area (Å²) in [5.74, 6) is 0. The van der Waals surface area contributed by atoms with Crippen LogP contribution in [0.4, 0.5) is 0 Å². The first-order valence-corrected chi connectivity index (χ1v) is 8.61. The summed E-state index contributed by atoms with van der Waals surface area (Å²) in [6, 6.07) is 3.80. The zero-order valence-electron chi connectivity index (χ0n) is 12.5. The Kier molecular flexibility index (Phi) is 3.33. The number of nitrogens with one attached hydrogen (secondary N) is 1. The highest BCUT2D eigenvalue weighted by Crippen LogP contribution is 2.43. The minimum Gasteiger partial charge on any atom is -0.313 e. The fourth-order valence-corrected chi connectivity index (χ4v) is 3.97. The monoisotopic (exact) mass is 273 g/mol. The van der Waals surface area contributed by atoms with Crippen LogP contribution in [0.3, 0.4) is 0 Å². The molecule has 3 heteroatoms. The fourth-order valence-electron chi connectivity index (χ4n) is 3.97. The van der Waals surface area contributed by atoms with Gasteiger partial charge in [-0.05, 0) is 56.4 Å². The van der Waals surface area contributed by atoms with Crippen molar-refractivity contribution in [2.75, 3.05) is 6.54 Å². The van der Waals surface area contributed by atoms with E-state index in [4.69, 9.17) is 5.10 Å². The average molecular weight is 273 g/mol. The molecular formula is C17H27N3. The maximum absolute atomic E-state index is 4.89. The molecule has 3 aliphatic rings. The highest BCUT2D eigenvalue weighted by atomic mass is 15.3. The molecule has 3 aliphatic carbocycles. The van der Waals surface area contributed by atoms with Gasteiger partial charge >= 0.3 is 0 Å². The largest absolute Gasteiger partial charge is 0.313 e. The molecule has 1 N–H and O–H groups in total. The van der Waals surface area contributed by atoms with Gasteiger partial charge in [0.2, 0.25) is 0 Å². The van der Waals surface area contributed by atoms with Crippen LogP contribution in [0.25, 0.3) is 0 Å². The van der Waals surface area contributed by atoms with Crippen LogP contribution in [0.1, 0.15) is 69.5 Å². The summed E-state index contributed by atoms with van der Waals surface area (Å²) in [4.78, 5) is 0. The molecule has 0 amide bonds. The van der Waals surface area contributed by atoms with E-state index in [9.17, 15) is 0 Å². The van der Waals surface area contributed by atoms with Gasteiger partial charge in [0.05, 0.1) is 11.7 Å². The fraction of sp³-hybridized carbons (Fsp3) is 0.824. The Labute approximate surface area is 122 Å². The van der Waals surface area contributed by atoms with Crippen molar-refractivity contribution in [1.82, 2.24) is 15.1 Å².